The first-order valence-electron chi connectivity index (χ1n) is 12.3. The summed E-state index contributed by atoms with van der Waals surface area (Å²) in [7, 11) is -8.42. The van der Waals surface area contributed by atoms with E-state index in [1.807, 2.05) is 13.8 Å². The molecular formula is C29H34N2O6S2. The highest BCUT2D eigenvalue weighted by atomic mass is 32.2. The first-order chi connectivity index (χ1) is 18.2. The number of carbonyl (C=O) groups is 1. The van der Waals surface area contributed by atoms with Gasteiger partial charge in [0, 0.05) is 0 Å². The fourth-order valence-corrected chi connectivity index (χ4v) is 6.47. The fraction of sp³-hybridized carbons (Fsp3) is 0.276. The Morgan fingerprint density at radius 3 is 1.79 bits per heavy atom. The number of anilines is 1. The zero-order valence-corrected chi connectivity index (χ0v) is 24.4. The summed E-state index contributed by atoms with van der Waals surface area (Å²) in [6, 6.07) is 19.0. The Morgan fingerprint density at radius 1 is 0.821 bits per heavy atom. The molecule has 0 atom stereocenters. The van der Waals surface area contributed by atoms with Crippen LogP contribution in [0, 0.1) is 13.8 Å². The van der Waals surface area contributed by atoms with Crippen molar-refractivity contribution in [3.8, 4) is 0 Å². The van der Waals surface area contributed by atoms with Crippen molar-refractivity contribution in [3.05, 3.63) is 102 Å². The standard InChI is InChI=1S/C29H34N2O6S2/c1-7-20-30(38(33,34)25-16-12-22(2)13-17-25)27-11-9-8-10-24(27)21-31(28(32)37-29(4,5)6)39(35,36)26-18-14-23(3)15-19-26/h7-19H,1,20-21H2,2-6H3. The van der Waals surface area contributed by atoms with Gasteiger partial charge in [-0.3, -0.25) is 4.31 Å². The summed E-state index contributed by atoms with van der Waals surface area (Å²) >= 11 is 0. The van der Waals surface area contributed by atoms with E-state index in [1.165, 1.54) is 30.3 Å². The lowest BCUT2D eigenvalue weighted by Gasteiger charge is -2.30. The van der Waals surface area contributed by atoms with Gasteiger partial charge in [0.1, 0.15) is 5.60 Å². The first-order valence-corrected chi connectivity index (χ1v) is 15.2. The van der Waals surface area contributed by atoms with E-state index in [9.17, 15) is 21.6 Å². The van der Waals surface area contributed by atoms with E-state index in [4.69, 9.17) is 4.74 Å². The van der Waals surface area contributed by atoms with Crippen LogP contribution in [0.4, 0.5) is 10.5 Å². The average Bonchev–Trinajstić information content (AvgIpc) is 2.85. The normalized spacial score (nSPS) is 12.0. The number of rotatable bonds is 9. The van der Waals surface area contributed by atoms with Gasteiger partial charge in [-0.1, -0.05) is 59.7 Å². The number of aryl methyl sites for hydroxylation is 2. The minimum absolute atomic E-state index is 0.0704. The minimum Gasteiger partial charge on any atom is -0.443 e. The Hall–Kier alpha value is -3.63. The SMILES string of the molecule is C=CCN(c1ccccc1CN(C(=O)OC(C)(C)C)S(=O)(=O)c1ccc(C)cc1)S(=O)(=O)c1ccc(C)cc1. The van der Waals surface area contributed by atoms with Crippen molar-refractivity contribution in [1.82, 2.24) is 4.31 Å². The van der Waals surface area contributed by atoms with Gasteiger partial charge in [-0.05, 0) is 70.5 Å². The number of amides is 1. The smallest absolute Gasteiger partial charge is 0.424 e. The Bertz CT molecular complexity index is 1540. The van der Waals surface area contributed by atoms with Crippen LogP contribution in [0.3, 0.4) is 0 Å². The summed E-state index contributed by atoms with van der Waals surface area (Å²) in [6.45, 7) is 11.7. The van der Waals surface area contributed by atoms with Crippen molar-refractivity contribution in [2.75, 3.05) is 10.8 Å². The molecule has 0 aliphatic rings. The molecule has 0 saturated heterocycles. The lowest BCUT2D eigenvalue weighted by Crippen LogP contribution is -2.41. The van der Waals surface area contributed by atoms with Crippen molar-refractivity contribution < 1.29 is 26.4 Å². The van der Waals surface area contributed by atoms with Gasteiger partial charge in [0.25, 0.3) is 20.0 Å². The molecule has 3 aromatic carbocycles. The molecule has 0 unspecified atom stereocenters. The van der Waals surface area contributed by atoms with Crippen LogP contribution in [-0.2, 0) is 31.3 Å². The van der Waals surface area contributed by atoms with Crippen molar-refractivity contribution in [3.63, 3.8) is 0 Å². The van der Waals surface area contributed by atoms with Gasteiger partial charge < -0.3 is 4.74 Å². The van der Waals surface area contributed by atoms with E-state index in [-0.39, 0.29) is 27.6 Å². The van der Waals surface area contributed by atoms with Gasteiger partial charge in [0.05, 0.1) is 28.6 Å². The van der Waals surface area contributed by atoms with Crippen LogP contribution < -0.4 is 4.31 Å². The predicted molar refractivity (Wildman–Crippen MR) is 152 cm³/mol. The molecule has 39 heavy (non-hydrogen) atoms. The summed E-state index contributed by atoms with van der Waals surface area (Å²) in [5, 5.41) is 0. The molecule has 3 rings (SSSR count). The summed E-state index contributed by atoms with van der Waals surface area (Å²) in [4.78, 5) is 13.3. The van der Waals surface area contributed by atoms with Gasteiger partial charge in [0.2, 0.25) is 0 Å². The third kappa shape index (κ3) is 7.07. The topological polar surface area (TPSA) is 101 Å². The number of hydrogen-bond donors (Lipinski definition) is 0. The monoisotopic (exact) mass is 570 g/mol. The molecule has 0 N–H and O–H groups in total. The molecule has 0 bridgehead atoms. The molecule has 0 saturated carbocycles. The summed E-state index contributed by atoms with van der Waals surface area (Å²) in [5.41, 5.74) is 1.28. The first kappa shape index (κ1) is 29.9. The molecular weight excluding hydrogens is 536 g/mol. The maximum absolute atomic E-state index is 13.7. The second-order valence-electron chi connectivity index (χ2n) is 10.1. The number of benzene rings is 3. The molecule has 1 amide bonds. The second kappa shape index (κ2) is 11.6. The lowest BCUT2D eigenvalue weighted by atomic mass is 10.1. The van der Waals surface area contributed by atoms with Crippen LogP contribution in [0.15, 0.2) is 95.2 Å². The van der Waals surface area contributed by atoms with Gasteiger partial charge >= 0.3 is 6.09 Å². The Kier molecular flexibility index (Phi) is 8.92. The molecule has 0 radical (unpaired) electrons. The number of nitrogens with zero attached hydrogens (tertiary/aromatic N) is 2. The fourth-order valence-electron chi connectivity index (χ4n) is 3.72. The molecule has 3 aromatic rings. The zero-order valence-electron chi connectivity index (χ0n) is 22.8. The highest BCUT2D eigenvalue weighted by molar-refractivity contribution is 7.92. The predicted octanol–water partition coefficient (Wildman–Crippen LogP) is 5.81. The number of sulfonamides is 2. The van der Waals surface area contributed by atoms with Crippen molar-refractivity contribution >= 4 is 31.8 Å². The van der Waals surface area contributed by atoms with Gasteiger partial charge in [-0.2, -0.15) is 4.31 Å². The maximum atomic E-state index is 13.7. The van der Waals surface area contributed by atoms with E-state index in [0.29, 0.717) is 4.31 Å². The number of ether oxygens (including phenoxy) is 1. The second-order valence-corrected chi connectivity index (χ2v) is 13.8. The van der Waals surface area contributed by atoms with Crippen LogP contribution in [0.5, 0.6) is 0 Å². The molecule has 0 aromatic heterocycles. The quantitative estimate of drug-likeness (QED) is 0.301. The van der Waals surface area contributed by atoms with E-state index in [0.717, 1.165) is 15.4 Å². The van der Waals surface area contributed by atoms with E-state index >= 15 is 0 Å². The molecule has 0 aliphatic carbocycles. The summed E-state index contributed by atoms with van der Waals surface area (Å²) in [6.07, 6.45) is 0.367. The number of hydrogen-bond acceptors (Lipinski definition) is 6. The molecule has 0 spiro atoms. The van der Waals surface area contributed by atoms with Crippen LogP contribution in [0.1, 0.15) is 37.5 Å². The van der Waals surface area contributed by atoms with E-state index < -0.39 is 38.3 Å². The van der Waals surface area contributed by atoms with Crippen LogP contribution in [-0.4, -0.2) is 39.4 Å². The molecule has 0 fully saturated rings. The molecule has 208 valence electrons. The van der Waals surface area contributed by atoms with Crippen LogP contribution >= 0.6 is 0 Å². The highest BCUT2D eigenvalue weighted by Gasteiger charge is 2.35. The van der Waals surface area contributed by atoms with E-state index in [2.05, 4.69) is 6.58 Å². The Morgan fingerprint density at radius 2 is 1.31 bits per heavy atom. The highest BCUT2D eigenvalue weighted by Crippen LogP contribution is 2.30. The van der Waals surface area contributed by atoms with Crippen LogP contribution in [0.2, 0.25) is 0 Å². The molecule has 8 nitrogen and oxygen atoms in total. The van der Waals surface area contributed by atoms with Crippen molar-refractivity contribution in [2.45, 2.75) is 56.6 Å². The van der Waals surface area contributed by atoms with Crippen molar-refractivity contribution in [1.29, 1.82) is 0 Å². The van der Waals surface area contributed by atoms with E-state index in [1.54, 1.807) is 69.3 Å². The third-order valence-corrected chi connectivity index (χ3v) is 9.20. The number of para-hydroxylation sites is 1. The lowest BCUT2D eigenvalue weighted by molar-refractivity contribution is 0.0381. The van der Waals surface area contributed by atoms with Gasteiger partial charge in [0.15, 0.2) is 0 Å². The Labute approximate surface area is 231 Å². The van der Waals surface area contributed by atoms with Crippen LogP contribution in [0.25, 0.3) is 0 Å². The summed E-state index contributed by atoms with van der Waals surface area (Å²) < 4.78 is 62.1. The van der Waals surface area contributed by atoms with Gasteiger partial charge in [-0.15, -0.1) is 6.58 Å². The number of carbonyl (C=O) groups excluding carboxylic acids is 1. The maximum Gasteiger partial charge on any atom is 0.424 e. The largest absolute Gasteiger partial charge is 0.443 e. The van der Waals surface area contributed by atoms with Gasteiger partial charge in [-0.25, -0.2) is 21.6 Å². The Balaban J connectivity index is 2.14. The molecule has 10 heteroatoms. The third-order valence-electron chi connectivity index (χ3n) is 5.68. The minimum atomic E-state index is -4.36. The zero-order chi connectivity index (χ0) is 29.0. The average molecular weight is 571 g/mol. The van der Waals surface area contributed by atoms with Crippen molar-refractivity contribution in [2.24, 2.45) is 0 Å². The summed E-state index contributed by atoms with van der Waals surface area (Å²) in [5.74, 6) is 0. The molecule has 0 aliphatic heterocycles. The molecule has 0 heterocycles.